The molecule has 1 aromatic carbocycles. The zero-order valence-electron chi connectivity index (χ0n) is 15.2. The monoisotopic (exact) mass is 339 g/mol. The van der Waals surface area contributed by atoms with Gasteiger partial charge in [-0.15, -0.1) is 0 Å². The molecule has 1 saturated heterocycles. The lowest BCUT2D eigenvalue weighted by Gasteiger charge is -2.32. The van der Waals surface area contributed by atoms with Gasteiger partial charge >= 0.3 is 7.12 Å². The second-order valence-electron chi connectivity index (χ2n) is 7.11. The number of carbonyl (C=O) groups is 1. The first kappa shape index (κ1) is 17.6. The number of nitrogens with zero attached hydrogens (tertiary/aromatic N) is 1. The third kappa shape index (κ3) is 3.07. The molecule has 1 aliphatic heterocycles. The molecular formula is C19H22BNO4. The summed E-state index contributed by atoms with van der Waals surface area (Å²) in [6, 6.07) is 9.25. The van der Waals surface area contributed by atoms with E-state index in [0.29, 0.717) is 17.0 Å². The lowest BCUT2D eigenvalue weighted by atomic mass is 9.79. The van der Waals surface area contributed by atoms with Crippen molar-refractivity contribution >= 4 is 18.9 Å². The molecule has 0 bridgehead atoms. The molecule has 0 spiro atoms. The Labute approximate surface area is 148 Å². The number of pyridine rings is 1. The molecule has 0 saturated carbocycles. The smallest absolute Gasteiger partial charge is 0.496 e. The number of hydrogen-bond donors (Lipinski definition) is 0. The third-order valence-electron chi connectivity index (χ3n) is 4.95. The summed E-state index contributed by atoms with van der Waals surface area (Å²) in [6.45, 7) is 7.96. The summed E-state index contributed by atoms with van der Waals surface area (Å²) in [6.07, 6.45) is 2.49. The molecule has 0 unspecified atom stereocenters. The Morgan fingerprint density at radius 2 is 1.76 bits per heavy atom. The van der Waals surface area contributed by atoms with Gasteiger partial charge in [-0.2, -0.15) is 0 Å². The predicted octanol–water partition coefficient (Wildman–Crippen LogP) is 2.87. The topological polar surface area (TPSA) is 57.6 Å². The Kier molecular flexibility index (Phi) is 4.43. The van der Waals surface area contributed by atoms with Crippen molar-refractivity contribution in [2.24, 2.45) is 0 Å². The van der Waals surface area contributed by atoms with E-state index in [9.17, 15) is 4.79 Å². The largest absolute Gasteiger partial charge is 0.496 e. The zero-order valence-corrected chi connectivity index (χ0v) is 15.2. The van der Waals surface area contributed by atoms with E-state index in [4.69, 9.17) is 14.0 Å². The second-order valence-corrected chi connectivity index (χ2v) is 7.11. The van der Waals surface area contributed by atoms with Crippen LogP contribution in [0.2, 0.25) is 0 Å². The van der Waals surface area contributed by atoms with Gasteiger partial charge in [-0.1, -0.05) is 12.1 Å². The molecule has 0 radical (unpaired) electrons. The summed E-state index contributed by atoms with van der Waals surface area (Å²) >= 11 is 0. The Balaban J connectivity index is 2.00. The third-order valence-corrected chi connectivity index (χ3v) is 4.95. The maximum absolute atomic E-state index is 11.7. The van der Waals surface area contributed by atoms with Gasteiger partial charge in [-0.05, 0) is 45.9 Å². The van der Waals surface area contributed by atoms with Gasteiger partial charge in [-0.25, -0.2) is 0 Å². The first-order valence-electron chi connectivity index (χ1n) is 8.23. The van der Waals surface area contributed by atoms with Crippen molar-refractivity contribution in [2.75, 3.05) is 7.11 Å². The fourth-order valence-corrected chi connectivity index (χ4v) is 2.76. The molecule has 2 heterocycles. The van der Waals surface area contributed by atoms with Gasteiger partial charge in [-0.3, -0.25) is 9.78 Å². The molecule has 0 aliphatic carbocycles. The molecule has 130 valence electrons. The molecule has 25 heavy (non-hydrogen) atoms. The van der Waals surface area contributed by atoms with Crippen LogP contribution in [-0.4, -0.2) is 36.7 Å². The standard InChI is InChI=1S/C19H22BNO4/c1-18(2)19(3,4)25-20(24-18)14-10-13(12-22)17(21-11-14)15-8-6-7-9-16(15)23-5/h6-12H,1-5H3. The van der Waals surface area contributed by atoms with Crippen molar-refractivity contribution in [2.45, 2.75) is 38.9 Å². The van der Waals surface area contributed by atoms with E-state index in [2.05, 4.69) is 4.98 Å². The SMILES string of the molecule is COc1ccccc1-c1ncc(B2OC(C)(C)C(C)(C)O2)cc1C=O. The first-order chi connectivity index (χ1) is 11.8. The van der Waals surface area contributed by atoms with E-state index in [0.717, 1.165) is 17.3 Å². The fraction of sp³-hybridized carbons (Fsp3) is 0.368. The summed E-state index contributed by atoms with van der Waals surface area (Å²) in [4.78, 5) is 16.2. The Morgan fingerprint density at radius 3 is 2.36 bits per heavy atom. The molecular weight excluding hydrogens is 317 g/mol. The fourth-order valence-electron chi connectivity index (χ4n) is 2.76. The van der Waals surface area contributed by atoms with E-state index >= 15 is 0 Å². The average Bonchev–Trinajstić information content (AvgIpc) is 2.82. The number of ether oxygens (including phenoxy) is 1. The van der Waals surface area contributed by atoms with Crippen LogP contribution < -0.4 is 10.2 Å². The van der Waals surface area contributed by atoms with Gasteiger partial charge in [0, 0.05) is 22.8 Å². The highest BCUT2D eigenvalue weighted by molar-refractivity contribution is 6.62. The van der Waals surface area contributed by atoms with Crippen molar-refractivity contribution in [3.8, 4) is 17.0 Å². The summed E-state index contributed by atoms with van der Waals surface area (Å²) in [5, 5.41) is 0. The van der Waals surface area contributed by atoms with Gasteiger partial charge in [0.15, 0.2) is 6.29 Å². The molecule has 1 aliphatic rings. The minimum atomic E-state index is -0.553. The zero-order chi connectivity index (χ0) is 18.2. The molecule has 0 N–H and O–H groups in total. The van der Waals surface area contributed by atoms with Crippen molar-refractivity contribution in [1.29, 1.82) is 0 Å². The minimum Gasteiger partial charge on any atom is -0.496 e. The second kappa shape index (κ2) is 6.28. The van der Waals surface area contributed by atoms with Gasteiger partial charge < -0.3 is 14.0 Å². The van der Waals surface area contributed by atoms with Crippen molar-refractivity contribution in [3.05, 3.63) is 42.1 Å². The van der Waals surface area contributed by atoms with Crippen LogP contribution >= 0.6 is 0 Å². The number of rotatable bonds is 4. The Bertz CT molecular complexity index is 788. The molecule has 0 amide bonds. The summed E-state index contributed by atoms with van der Waals surface area (Å²) < 4.78 is 17.5. The predicted molar refractivity (Wildman–Crippen MR) is 97.3 cm³/mol. The van der Waals surface area contributed by atoms with Crippen LogP contribution in [0.5, 0.6) is 5.75 Å². The van der Waals surface area contributed by atoms with Gasteiger partial charge in [0.25, 0.3) is 0 Å². The van der Waals surface area contributed by atoms with E-state index in [1.54, 1.807) is 19.4 Å². The average molecular weight is 339 g/mol. The van der Waals surface area contributed by atoms with Crippen molar-refractivity contribution in [1.82, 2.24) is 4.98 Å². The maximum Gasteiger partial charge on any atom is 0.496 e. The van der Waals surface area contributed by atoms with E-state index < -0.39 is 18.3 Å². The van der Waals surface area contributed by atoms with Crippen LogP contribution in [0, 0.1) is 0 Å². The number of aromatic nitrogens is 1. The van der Waals surface area contributed by atoms with Gasteiger partial charge in [0.05, 0.1) is 24.0 Å². The molecule has 0 atom stereocenters. The molecule has 1 aromatic heterocycles. The Morgan fingerprint density at radius 1 is 1.12 bits per heavy atom. The quantitative estimate of drug-likeness (QED) is 0.633. The number of aldehydes is 1. The highest BCUT2D eigenvalue weighted by atomic mass is 16.7. The van der Waals surface area contributed by atoms with Gasteiger partial charge in [0.2, 0.25) is 0 Å². The van der Waals surface area contributed by atoms with Gasteiger partial charge in [0.1, 0.15) is 5.75 Å². The first-order valence-corrected chi connectivity index (χ1v) is 8.23. The number of benzene rings is 1. The van der Waals surface area contributed by atoms with E-state index in [-0.39, 0.29) is 0 Å². The number of methoxy groups -OCH3 is 1. The lowest BCUT2D eigenvalue weighted by Crippen LogP contribution is -2.41. The van der Waals surface area contributed by atoms with Crippen molar-refractivity contribution in [3.63, 3.8) is 0 Å². The number of carbonyl (C=O) groups excluding carboxylic acids is 1. The van der Waals surface area contributed by atoms with E-state index in [1.165, 1.54) is 0 Å². The van der Waals surface area contributed by atoms with Crippen LogP contribution in [0.15, 0.2) is 36.5 Å². The number of hydrogen-bond acceptors (Lipinski definition) is 5. The van der Waals surface area contributed by atoms with Crippen LogP contribution in [0.4, 0.5) is 0 Å². The molecule has 5 nitrogen and oxygen atoms in total. The Hall–Kier alpha value is -2.18. The molecule has 6 heteroatoms. The number of para-hydroxylation sites is 1. The van der Waals surface area contributed by atoms with E-state index in [1.807, 2.05) is 52.0 Å². The highest BCUT2D eigenvalue weighted by Gasteiger charge is 2.51. The highest BCUT2D eigenvalue weighted by Crippen LogP contribution is 2.37. The molecule has 3 rings (SSSR count). The summed E-state index contributed by atoms with van der Waals surface area (Å²) in [7, 11) is 1.04. The van der Waals surface area contributed by atoms with Crippen LogP contribution in [0.3, 0.4) is 0 Å². The normalized spacial score (nSPS) is 18.2. The molecule has 2 aromatic rings. The van der Waals surface area contributed by atoms with Crippen LogP contribution in [0.25, 0.3) is 11.3 Å². The minimum absolute atomic E-state index is 0.444. The molecule has 1 fully saturated rings. The van der Waals surface area contributed by atoms with Crippen molar-refractivity contribution < 1.29 is 18.8 Å². The lowest BCUT2D eigenvalue weighted by molar-refractivity contribution is 0.00578. The van der Waals surface area contributed by atoms with Crippen LogP contribution in [-0.2, 0) is 9.31 Å². The van der Waals surface area contributed by atoms with Crippen LogP contribution in [0.1, 0.15) is 38.1 Å². The summed E-state index contributed by atoms with van der Waals surface area (Å²) in [5.74, 6) is 0.668. The summed E-state index contributed by atoms with van der Waals surface area (Å²) in [5.41, 5.74) is 1.65. The maximum atomic E-state index is 11.7.